The first-order chi connectivity index (χ1) is 16.0. The van der Waals surface area contributed by atoms with Crippen LogP contribution in [0.1, 0.15) is 15.9 Å². The molecular weight excluding hydrogens is 507 g/mol. The predicted octanol–water partition coefficient (Wildman–Crippen LogP) is 5.09. The summed E-state index contributed by atoms with van der Waals surface area (Å²) in [5, 5.41) is 14.7. The van der Waals surface area contributed by atoms with Crippen LogP contribution in [-0.4, -0.2) is 28.1 Å². The number of halogens is 2. The molecule has 0 saturated heterocycles. The second-order valence-electron chi connectivity index (χ2n) is 7.13. The van der Waals surface area contributed by atoms with Crippen LogP contribution in [0.15, 0.2) is 83.3 Å². The van der Waals surface area contributed by atoms with Crippen molar-refractivity contribution in [2.75, 3.05) is 5.32 Å². The summed E-state index contributed by atoms with van der Waals surface area (Å²) >= 11 is 4.66. The lowest BCUT2D eigenvalue weighted by Crippen LogP contribution is -2.45. The van der Waals surface area contributed by atoms with Crippen molar-refractivity contribution in [2.24, 2.45) is 0 Å². The molecule has 0 bridgehead atoms. The zero-order chi connectivity index (χ0) is 23.2. The van der Waals surface area contributed by atoms with Gasteiger partial charge in [0.1, 0.15) is 16.9 Å². The van der Waals surface area contributed by atoms with Crippen LogP contribution in [0.4, 0.5) is 9.52 Å². The third-order valence-corrected chi connectivity index (χ3v) is 6.12. The summed E-state index contributed by atoms with van der Waals surface area (Å²) in [6.07, 6.45) is 0.275. The molecular formula is C24H18BrFN4O2S. The molecule has 0 aliphatic carbocycles. The number of anilines is 1. The molecule has 1 unspecified atom stereocenters. The van der Waals surface area contributed by atoms with Gasteiger partial charge in [-0.25, -0.2) is 4.39 Å². The molecule has 0 saturated carbocycles. The molecule has 4 aromatic rings. The molecule has 0 fully saturated rings. The Morgan fingerprint density at radius 2 is 1.73 bits per heavy atom. The summed E-state index contributed by atoms with van der Waals surface area (Å²) < 4.78 is 14.1. The Labute approximate surface area is 202 Å². The van der Waals surface area contributed by atoms with Gasteiger partial charge in [0.05, 0.1) is 0 Å². The maximum Gasteiger partial charge on any atom is 0.251 e. The minimum absolute atomic E-state index is 0.259. The van der Waals surface area contributed by atoms with Crippen molar-refractivity contribution in [3.05, 3.63) is 100 Å². The maximum absolute atomic E-state index is 13.2. The molecule has 2 amide bonds. The van der Waals surface area contributed by atoms with Crippen LogP contribution in [0.5, 0.6) is 0 Å². The van der Waals surface area contributed by atoms with Crippen molar-refractivity contribution in [1.29, 1.82) is 0 Å². The fourth-order valence-corrected chi connectivity index (χ4v) is 4.25. The van der Waals surface area contributed by atoms with E-state index >= 15 is 0 Å². The standard InChI is InChI=1S/C24H18BrFN4O2S/c25-18-8-4-7-17(14-18)23-29-30-24(33-23)28-22(32)20(13-15-5-2-1-3-6-15)27-21(31)16-9-11-19(26)12-10-16/h1-12,14,20H,13H2,(H,27,31)(H,28,30,32). The van der Waals surface area contributed by atoms with Crippen LogP contribution in [-0.2, 0) is 11.2 Å². The van der Waals surface area contributed by atoms with E-state index in [0.717, 1.165) is 15.6 Å². The third kappa shape index (κ3) is 6.09. The molecule has 166 valence electrons. The van der Waals surface area contributed by atoms with Gasteiger partial charge in [0.15, 0.2) is 0 Å². The maximum atomic E-state index is 13.2. The number of hydrogen-bond acceptors (Lipinski definition) is 5. The van der Waals surface area contributed by atoms with Crippen LogP contribution in [0.3, 0.4) is 0 Å². The topological polar surface area (TPSA) is 84.0 Å². The zero-order valence-corrected chi connectivity index (χ0v) is 19.6. The van der Waals surface area contributed by atoms with Crippen LogP contribution >= 0.6 is 27.3 Å². The number of carbonyl (C=O) groups excluding carboxylic acids is 2. The molecule has 1 heterocycles. The van der Waals surface area contributed by atoms with Crippen LogP contribution < -0.4 is 10.6 Å². The van der Waals surface area contributed by atoms with Gasteiger partial charge in [-0.05, 0) is 42.0 Å². The van der Waals surface area contributed by atoms with E-state index in [-0.39, 0.29) is 12.0 Å². The normalized spacial score (nSPS) is 11.6. The highest BCUT2D eigenvalue weighted by Gasteiger charge is 2.23. The number of benzene rings is 3. The van der Waals surface area contributed by atoms with Gasteiger partial charge in [-0.15, -0.1) is 10.2 Å². The summed E-state index contributed by atoms with van der Waals surface area (Å²) in [5.74, 6) is -1.34. The summed E-state index contributed by atoms with van der Waals surface area (Å²) in [4.78, 5) is 25.8. The van der Waals surface area contributed by atoms with Gasteiger partial charge >= 0.3 is 0 Å². The molecule has 0 aliphatic rings. The lowest BCUT2D eigenvalue weighted by Gasteiger charge is -2.18. The van der Waals surface area contributed by atoms with Gasteiger partial charge in [-0.2, -0.15) is 0 Å². The first-order valence-corrected chi connectivity index (χ1v) is 11.6. The molecule has 6 nitrogen and oxygen atoms in total. The number of hydrogen-bond donors (Lipinski definition) is 2. The van der Waals surface area contributed by atoms with E-state index < -0.39 is 23.7 Å². The van der Waals surface area contributed by atoms with E-state index in [1.54, 1.807) is 0 Å². The summed E-state index contributed by atoms with van der Waals surface area (Å²) in [6, 6.07) is 21.2. The minimum atomic E-state index is -0.872. The first-order valence-electron chi connectivity index (χ1n) is 9.98. The molecule has 0 radical (unpaired) electrons. The molecule has 2 N–H and O–H groups in total. The highest BCUT2D eigenvalue weighted by Crippen LogP contribution is 2.28. The Kier molecular flexibility index (Phi) is 7.21. The Bertz CT molecular complexity index is 1260. The van der Waals surface area contributed by atoms with Crippen molar-refractivity contribution in [1.82, 2.24) is 15.5 Å². The average Bonchev–Trinajstić information content (AvgIpc) is 3.28. The van der Waals surface area contributed by atoms with Gasteiger partial charge in [0.25, 0.3) is 5.91 Å². The van der Waals surface area contributed by atoms with E-state index in [1.807, 2.05) is 54.6 Å². The molecule has 9 heteroatoms. The van der Waals surface area contributed by atoms with E-state index in [1.165, 1.54) is 35.6 Å². The molecule has 0 spiro atoms. The van der Waals surface area contributed by atoms with Crippen LogP contribution in [0.2, 0.25) is 0 Å². The highest BCUT2D eigenvalue weighted by molar-refractivity contribution is 9.10. The summed E-state index contributed by atoms with van der Waals surface area (Å²) in [6.45, 7) is 0. The van der Waals surface area contributed by atoms with Crippen molar-refractivity contribution in [3.63, 3.8) is 0 Å². The summed E-state index contributed by atoms with van der Waals surface area (Å²) in [5.41, 5.74) is 2.01. The average molecular weight is 525 g/mol. The van der Waals surface area contributed by atoms with Crippen LogP contribution in [0, 0.1) is 5.82 Å². The van der Waals surface area contributed by atoms with Gasteiger partial charge in [0, 0.05) is 22.0 Å². The Balaban J connectivity index is 1.51. The number of rotatable bonds is 7. The van der Waals surface area contributed by atoms with Crippen molar-refractivity contribution >= 4 is 44.2 Å². The first kappa shape index (κ1) is 22.8. The lowest BCUT2D eigenvalue weighted by atomic mass is 10.0. The van der Waals surface area contributed by atoms with E-state index in [2.05, 4.69) is 36.8 Å². The van der Waals surface area contributed by atoms with Gasteiger partial charge < -0.3 is 5.32 Å². The number of nitrogens with one attached hydrogen (secondary N) is 2. The van der Waals surface area contributed by atoms with Crippen molar-refractivity contribution < 1.29 is 14.0 Å². The zero-order valence-electron chi connectivity index (χ0n) is 17.2. The Morgan fingerprint density at radius 1 is 0.970 bits per heavy atom. The number of carbonyl (C=O) groups is 2. The predicted molar refractivity (Wildman–Crippen MR) is 129 cm³/mol. The lowest BCUT2D eigenvalue weighted by molar-refractivity contribution is -0.118. The smallest absolute Gasteiger partial charge is 0.251 e. The quantitative estimate of drug-likeness (QED) is 0.352. The molecule has 0 aliphatic heterocycles. The minimum Gasteiger partial charge on any atom is -0.340 e. The summed E-state index contributed by atoms with van der Waals surface area (Å²) in [7, 11) is 0. The number of aromatic nitrogens is 2. The highest BCUT2D eigenvalue weighted by atomic mass is 79.9. The number of nitrogens with zero attached hydrogens (tertiary/aromatic N) is 2. The Morgan fingerprint density at radius 3 is 2.45 bits per heavy atom. The molecule has 33 heavy (non-hydrogen) atoms. The molecule has 1 atom stereocenters. The second-order valence-corrected chi connectivity index (χ2v) is 9.03. The van der Waals surface area contributed by atoms with E-state index in [4.69, 9.17) is 0 Å². The largest absolute Gasteiger partial charge is 0.340 e. The SMILES string of the molecule is O=C(NC(Cc1ccccc1)C(=O)Nc1nnc(-c2cccc(Br)c2)s1)c1ccc(F)cc1. The molecule has 3 aromatic carbocycles. The fraction of sp³-hybridized carbons (Fsp3) is 0.0833. The van der Waals surface area contributed by atoms with Gasteiger partial charge in [-0.1, -0.05) is 69.7 Å². The number of amides is 2. The fourth-order valence-electron chi connectivity index (χ4n) is 3.11. The molecule has 4 rings (SSSR count). The third-order valence-electron chi connectivity index (χ3n) is 4.74. The van der Waals surface area contributed by atoms with Crippen molar-refractivity contribution in [2.45, 2.75) is 12.5 Å². The monoisotopic (exact) mass is 524 g/mol. The molecule has 1 aromatic heterocycles. The van der Waals surface area contributed by atoms with Gasteiger partial charge in [-0.3, -0.25) is 14.9 Å². The van der Waals surface area contributed by atoms with Crippen molar-refractivity contribution in [3.8, 4) is 10.6 Å². The Hall–Kier alpha value is -3.43. The van der Waals surface area contributed by atoms with Crippen LogP contribution in [0.25, 0.3) is 10.6 Å². The van der Waals surface area contributed by atoms with E-state index in [9.17, 15) is 14.0 Å². The second kappa shape index (κ2) is 10.5. The van der Waals surface area contributed by atoms with Gasteiger partial charge in [0.2, 0.25) is 11.0 Å². The van der Waals surface area contributed by atoms with E-state index in [0.29, 0.717) is 10.1 Å².